The van der Waals surface area contributed by atoms with Crippen molar-refractivity contribution in [3.05, 3.63) is 33.3 Å². The van der Waals surface area contributed by atoms with E-state index in [9.17, 15) is 9.59 Å². The molecule has 0 heterocycles. The zero-order valence-electron chi connectivity index (χ0n) is 9.32. The lowest BCUT2D eigenvalue weighted by Crippen LogP contribution is -2.42. The third kappa shape index (κ3) is 3.03. The number of carbonyl (C=O) groups is 2. The van der Waals surface area contributed by atoms with Gasteiger partial charge in [0.1, 0.15) is 6.04 Å². The molecule has 1 amide bonds. The summed E-state index contributed by atoms with van der Waals surface area (Å²) in [5.41, 5.74) is 0.342. The number of nitrogens with one attached hydrogen (secondary N) is 1. The molecule has 0 radical (unpaired) electrons. The molecule has 0 spiro atoms. The molecule has 1 fully saturated rings. The van der Waals surface area contributed by atoms with E-state index in [2.05, 4.69) is 21.2 Å². The van der Waals surface area contributed by atoms with E-state index >= 15 is 0 Å². The van der Waals surface area contributed by atoms with Gasteiger partial charge in [0.25, 0.3) is 5.91 Å². The Bertz CT molecular complexity index is 502. The van der Waals surface area contributed by atoms with Crippen LogP contribution in [0.15, 0.2) is 22.7 Å². The number of benzene rings is 1. The summed E-state index contributed by atoms with van der Waals surface area (Å²) in [6.45, 7) is 0. The van der Waals surface area contributed by atoms with Gasteiger partial charge in [-0.25, -0.2) is 4.79 Å². The van der Waals surface area contributed by atoms with Gasteiger partial charge in [-0.15, -0.1) is 0 Å². The van der Waals surface area contributed by atoms with Gasteiger partial charge in [-0.2, -0.15) is 0 Å². The number of aliphatic carboxylic acids is 1. The minimum absolute atomic E-state index is 0.0457. The molecule has 1 atom stereocenters. The summed E-state index contributed by atoms with van der Waals surface area (Å²) in [5.74, 6) is -1.38. The van der Waals surface area contributed by atoms with E-state index in [4.69, 9.17) is 16.7 Å². The SMILES string of the molecule is O=C(NC(C(=O)O)C1CC1)c1cc(Cl)ccc1Br. The number of carboxylic acids is 1. The Morgan fingerprint density at radius 3 is 2.67 bits per heavy atom. The monoisotopic (exact) mass is 331 g/mol. The Morgan fingerprint density at radius 2 is 2.11 bits per heavy atom. The first kappa shape index (κ1) is 13.4. The first-order valence-electron chi connectivity index (χ1n) is 5.48. The van der Waals surface area contributed by atoms with Crippen LogP contribution >= 0.6 is 27.5 Å². The third-order valence-electron chi connectivity index (χ3n) is 2.82. The van der Waals surface area contributed by atoms with E-state index in [1.807, 2.05) is 0 Å². The van der Waals surface area contributed by atoms with Gasteiger partial charge in [0.15, 0.2) is 0 Å². The Balaban J connectivity index is 2.15. The number of hydrogen-bond acceptors (Lipinski definition) is 2. The number of halogens is 2. The molecule has 1 unspecified atom stereocenters. The maximum atomic E-state index is 12.0. The predicted molar refractivity (Wildman–Crippen MR) is 70.8 cm³/mol. The fourth-order valence-electron chi connectivity index (χ4n) is 1.70. The first-order valence-corrected chi connectivity index (χ1v) is 6.65. The van der Waals surface area contributed by atoms with Gasteiger partial charge in [-0.05, 0) is 52.9 Å². The summed E-state index contributed by atoms with van der Waals surface area (Å²) in [4.78, 5) is 23.0. The summed E-state index contributed by atoms with van der Waals surface area (Å²) in [6.07, 6.45) is 1.68. The fourth-order valence-corrected chi connectivity index (χ4v) is 2.30. The molecule has 2 rings (SSSR count). The smallest absolute Gasteiger partial charge is 0.326 e. The molecule has 2 N–H and O–H groups in total. The molecule has 6 heteroatoms. The van der Waals surface area contributed by atoms with Crippen molar-refractivity contribution in [2.75, 3.05) is 0 Å². The van der Waals surface area contributed by atoms with Gasteiger partial charge < -0.3 is 10.4 Å². The molecule has 0 aliphatic heterocycles. The normalized spacial score (nSPS) is 16.1. The lowest BCUT2D eigenvalue weighted by molar-refractivity contribution is -0.139. The molecule has 0 bridgehead atoms. The molecule has 1 aromatic rings. The number of rotatable bonds is 4. The van der Waals surface area contributed by atoms with E-state index in [0.717, 1.165) is 12.8 Å². The summed E-state index contributed by atoms with van der Waals surface area (Å²) in [7, 11) is 0. The van der Waals surface area contributed by atoms with Crippen LogP contribution in [0.1, 0.15) is 23.2 Å². The Morgan fingerprint density at radius 1 is 1.44 bits per heavy atom. The minimum Gasteiger partial charge on any atom is -0.480 e. The van der Waals surface area contributed by atoms with Crippen molar-refractivity contribution in [1.29, 1.82) is 0 Å². The van der Waals surface area contributed by atoms with E-state index < -0.39 is 17.9 Å². The van der Waals surface area contributed by atoms with Crippen LogP contribution < -0.4 is 5.32 Å². The lowest BCUT2D eigenvalue weighted by Gasteiger charge is -2.14. The zero-order chi connectivity index (χ0) is 13.3. The quantitative estimate of drug-likeness (QED) is 0.891. The van der Waals surface area contributed by atoms with Gasteiger partial charge in [-0.3, -0.25) is 4.79 Å². The summed E-state index contributed by atoms with van der Waals surface area (Å²) >= 11 is 9.06. The second kappa shape index (κ2) is 5.28. The maximum Gasteiger partial charge on any atom is 0.326 e. The van der Waals surface area contributed by atoms with Crippen molar-refractivity contribution < 1.29 is 14.7 Å². The van der Waals surface area contributed by atoms with Gasteiger partial charge in [0.05, 0.1) is 5.56 Å². The van der Waals surface area contributed by atoms with E-state index in [0.29, 0.717) is 15.1 Å². The van der Waals surface area contributed by atoms with Gasteiger partial charge in [0, 0.05) is 9.50 Å². The molecule has 96 valence electrons. The Kier molecular flexibility index (Phi) is 3.92. The molecule has 1 aromatic carbocycles. The highest BCUT2D eigenvalue weighted by molar-refractivity contribution is 9.10. The molecule has 1 aliphatic rings. The molecule has 4 nitrogen and oxygen atoms in total. The van der Waals surface area contributed by atoms with Crippen molar-refractivity contribution in [3.63, 3.8) is 0 Å². The molecular formula is C12H11BrClNO3. The molecule has 0 aromatic heterocycles. The second-order valence-electron chi connectivity index (χ2n) is 4.25. The third-order valence-corrected chi connectivity index (χ3v) is 3.75. The minimum atomic E-state index is -0.996. The fraction of sp³-hybridized carbons (Fsp3) is 0.333. The van der Waals surface area contributed by atoms with Crippen LogP contribution in [0.3, 0.4) is 0 Å². The largest absolute Gasteiger partial charge is 0.480 e. The Labute approximate surface area is 117 Å². The molecule has 18 heavy (non-hydrogen) atoms. The van der Waals surface area contributed by atoms with Crippen molar-refractivity contribution in [2.45, 2.75) is 18.9 Å². The highest BCUT2D eigenvalue weighted by Gasteiger charge is 2.37. The van der Waals surface area contributed by atoms with Crippen LogP contribution in [0.5, 0.6) is 0 Å². The summed E-state index contributed by atoms with van der Waals surface area (Å²) in [6, 6.07) is 4.00. The van der Waals surface area contributed by atoms with Crippen LogP contribution in [0.4, 0.5) is 0 Å². The predicted octanol–water partition coefficient (Wildman–Crippen LogP) is 2.70. The lowest BCUT2D eigenvalue weighted by atomic mass is 10.1. The number of amides is 1. The van der Waals surface area contributed by atoms with Crippen LogP contribution in [0, 0.1) is 5.92 Å². The maximum absolute atomic E-state index is 12.0. The van der Waals surface area contributed by atoms with Gasteiger partial charge in [-0.1, -0.05) is 11.6 Å². The molecular weight excluding hydrogens is 321 g/mol. The Hall–Kier alpha value is -1.07. The number of hydrogen-bond donors (Lipinski definition) is 2. The molecule has 1 aliphatic carbocycles. The van der Waals surface area contributed by atoms with Crippen molar-refractivity contribution in [3.8, 4) is 0 Å². The van der Waals surface area contributed by atoms with Gasteiger partial charge >= 0.3 is 5.97 Å². The van der Waals surface area contributed by atoms with E-state index in [1.54, 1.807) is 12.1 Å². The average molecular weight is 333 g/mol. The first-order chi connectivity index (χ1) is 8.49. The van der Waals surface area contributed by atoms with Crippen LogP contribution in [0.2, 0.25) is 5.02 Å². The van der Waals surface area contributed by atoms with Crippen LogP contribution in [-0.4, -0.2) is 23.0 Å². The zero-order valence-corrected chi connectivity index (χ0v) is 11.7. The molecule has 1 saturated carbocycles. The van der Waals surface area contributed by atoms with Crippen molar-refractivity contribution in [1.82, 2.24) is 5.32 Å². The molecule has 0 saturated heterocycles. The van der Waals surface area contributed by atoms with Crippen LogP contribution in [0.25, 0.3) is 0 Å². The van der Waals surface area contributed by atoms with Crippen LogP contribution in [-0.2, 0) is 4.79 Å². The standard InChI is InChI=1S/C12H11BrClNO3/c13-9-4-3-7(14)5-8(9)11(16)15-10(12(17)18)6-1-2-6/h3-6,10H,1-2H2,(H,15,16)(H,17,18). The highest BCUT2D eigenvalue weighted by Crippen LogP contribution is 2.33. The topological polar surface area (TPSA) is 66.4 Å². The number of carbonyl (C=O) groups excluding carboxylic acids is 1. The van der Waals surface area contributed by atoms with E-state index in [-0.39, 0.29) is 5.92 Å². The van der Waals surface area contributed by atoms with Crippen molar-refractivity contribution >= 4 is 39.4 Å². The number of carboxylic acid groups (broad SMARTS) is 1. The second-order valence-corrected chi connectivity index (χ2v) is 5.54. The summed E-state index contributed by atoms with van der Waals surface area (Å²) < 4.78 is 0.587. The highest BCUT2D eigenvalue weighted by atomic mass is 79.9. The van der Waals surface area contributed by atoms with Crippen molar-refractivity contribution in [2.24, 2.45) is 5.92 Å². The van der Waals surface area contributed by atoms with E-state index in [1.165, 1.54) is 6.07 Å². The average Bonchev–Trinajstić information content (AvgIpc) is 3.12. The summed E-state index contributed by atoms with van der Waals surface area (Å²) in [5, 5.41) is 12.0. The van der Waals surface area contributed by atoms with Gasteiger partial charge in [0.2, 0.25) is 0 Å².